The normalized spacial score (nSPS) is 10.3. The van der Waals surface area contributed by atoms with Crippen molar-refractivity contribution in [1.82, 2.24) is 0 Å². The van der Waals surface area contributed by atoms with Gasteiger partial charge in [0.15, 0.2) is 0 Å². The molecule has 16 heavy (non-hydrogen) atoms. The molecule has 0 bridgehead atoms. The van der Waals surface area contributed by atoms with E-state index in [1.54, 1.807) is 0 Å². The number of carboxylic acids is 1. The fourth-order valence-corrected chi connectivity index (χ4v) is 3.02. The van der Waals surface area contributed by atoms with Crippen LogP contribution in [0.2, 0.25) is 0 Å². The van der Waals surface area contributed by atoms with E-state index < -0.39 is 11.8 Å². The molecule has 0 atom stereocenters. The van der Waals surface area contributed by atoms with Gasteiger partial charge in [0.2, 0.25) is 0 Å². The lowest BCUT2D eigenvalue weighted by Gasteiger charge is -2.03. The Labute approximate surface area is 99.7 Å². The molecule has 1 aromatic heterocycles. The summed E-state index contributed by atoms with van der Waals surface area (Å²) in [4.78, 5) is 11.5. The first-order valence-corrected chi connectivity index (χ1v) is 6.10. The Morgan fingerprint density at radius 2 is 2.19 bits per heavy atom. The number of hydrogen-bond acceptors (Lipinski definition) is 3. The Morgan fingerprint density at radius 3 is 2.81 bits per heavy atom. The summed E-state index contributed by atoms with van der Waals surface area (Å²) in [5.74, 6) is -1.65. The minimum Gasteiger partial charge on any atom is -0.478 e. The van der Waals surface area contributed by atoms with Crippen LogP contribution in [0.4, 0.5) is 4.39 Å². The van der Waals surface area contributed by atoms with Gasteiger partial charge in [-0.2, -0.15) is 0 Å². The average Bonchev–Trinajstić information content (AvgIpc) is 2.73. The van der Waals surface area contributed by atoms with Gasteiger partial charge in [-0.3, -0.25) is 0 Å². The maximum Gasteiger partial charge on any atom is 0.336 e. The number of hydrogen-bond donors (Lipinski definition) is 1. The number of halogens is 1. The molecule has 0 amide bonds. The van der Waals surface area contributed by atoms with Crippen molar-refractivity contribution in [3.05, 3.63) is 47.1 Å². The summed E-state index contributed by atoms with van der Waals surface area (Å²) in [6.45, 7) is 0. The molecule has 0 unspecified atom stereocenters. The number of benzene rings is 1. The van der Waals surface area contributed by atoms with Crippen molar-refractivity contribution in [2.75, 3.05) is 0 Å². The maximum absolute atomic E-state index is 12.9. The van der Waals surface area contributed by atoms with Crippen LogP contribution in [0, 0.1) is 5.82 Å². The van der Waals surface area contributed by atoms with E-state index in [4.69, 9.17) is 5.11 Å². The lowest BCUT2D eigenvalue weighted by atomic mass is 10.2. The lowest BCUT2D eigenvalue weighted by Crippen LogP contribution is -1.99. The molecule has 0 aliphatic rings. The summed E-state index contributed by atoms with van der Waals surface area (Å²) in [7, 11) is 0. The summed E-state index contributed by atoms with van der Waals surface area (Å²) >= 11 is 2.85. The largest absolute Gasteiger partial charge is 0.478 e. The Balaban J connectivity index is 2.36. The van der Waals surface area contributed by atoms with Crippen molar-refractivity contribution in [3.63, 3.8) is 0 Å². The van der Waals surface area contributed by atoms with Crippen molar-refractivity contribution in [2.45, 2.75) is 9.10 Å². The summed E-state index contributed by atoms with van der Waals surface area (Å²) < 4.78 is 13.9. The van der Waals surface area contributed by atoms with Crippen LogP contribution in [0.5, 0.6) is 0 Å². The van der Waals surface area contributed by atoms with E-state index in [2.05, 4.69) is 0 Å². The minimum atomic E-state index is -1.11. The summed E-state index contributed by atoms with van der Waals surface area (Å²) in [5, 5.41) is 10.9. The van der Waals surface area contributed by atoms with Crippen LogP contribution in [0.25, 0.3) is 0 Å². The molecule has 1 N–H and O–H groups in total. The molecule has 0 aliphatic heterocycles. The van der Waals surface area contributed by atoms with Crippen LogP contribution in [-0.4, -0.2) is 11.1 Å². The second-order valence-electron chi connectivity index (χ2n) is 2.98. The van der Waals surface area contributed by atoms with Gasteiger partial charge in [0.25, 0.3) is 0 Å². The van der Waals surface area contributed by atoms with Gasteiger partial charge in [-0.15, -0.1) is 11.3 Å². The smallest absolute Gasteiger partial charge is 0.336 e. The van der Waals surface area contributed by atoms with Gasteiger partial charge in [0.05, 0.1) is 9.77 Å². The molecule has 5 heteroatoms. The highest BCUT2D eigenvalue weighted by Gasteiger charge is 2.12. The Bertz CT molecular complexity index is 509. The molecule has 1 aromatic carbocycles. The van der Waals surface area contributed by atoms with Gasteiger partial charge >= 0.3 is 5.97 Å². The Kier molecular flexibility index (Phi) is 3.26. The van der Waals surface area contributed by atoms with Crippen LogP contribution in [-0.2, 0) is 0 Å². The molecule has 0 fully saturated rings. The molecule has 0 spiro atoms. The van der Waals surface area contributed by atoms with Gasteiger partial charge in [0.1, 0.15) is 5.82 Å². The minimum absolute atomic E-state index is 0.00148. The molecule has 0 aliphatic carbocycles. The van der Waals surface area contributed by atoms with Crippen LogP contribution in [0.1, 0.15) is 10.4 Å². The van der Waals surface area contributed by atoms with Gasteiger partial charge in [-0.25, -0.2) is 9.18 Å². The average molecular weight is 254 g/mol. The third kappa shape index (κ3) is 2.43. The molecule has 2 aromatic rings. The quantitative estimate of drug-likeness (QED) is 0.906. The highest BCUT2D eigenvalue weighted by atomic mass is 32.2. The number of carboxylic acid groups (broad SMARTS) is 1. The SMILES string of the molecule is O=C(O)c1cc(F)ccc1Sc1cccs1. The topological polar surface area (TPSA) is 37.3 Å². The zero-order chi connectivity index (χ0) is 11.5. The highest BCUT2D eigenvalue weighted by Crippen LogP contribution is 2.33. The fourth-order valence-electron chi connectivity index (χ4n) is 1.19. The molecular formula is C11H7FO2S2. The molecular weight excluding hydrogens is 247 g/mol. The Morgan fingerprint density at radius 1 is 1.38 bits per heavy atom. The third-order valence-electron chi connectivity index (χ3n) is 1.88. The van der Waals surface area contributed by atoms with Crippen molar-refractivity contribution in [3.8, 4) is 0 Å². The van der Waals surface area contributed by atoms with E-state index in [1.807, 2.05) is 17.5 Å². The zero-order valence-electron chi connectivity index (χ0n) is 8.01. The number of carbonyl (C=O) groups is 1. The zero-order valence-corrected chi connectivity index (χ0v) is 9.65. The number of aromatic carboxylic acids is 1. The fraction of sp³-hybridized carbons (Fsp3) is 0. The van der Waals surface area contributed by atoms with E-state index in [0.29, 0.717) is 4.90 Å². The highest BCUT2D eigenvalue weighted by molar-refractivity contribution is 8.01. The Hall–Kier alpha value is -1.33. The van der Waals surface area contributed by atoms with Crippen molar-refractivity contribution in [1.29, 1.82) is 0 Å². The predicted molar refractivity (Wildman–Crippen MR) is 61.8 cm³/mol. The van der Waals surface area contributed by atoms with E-state index in [0.717, 1.165) is 10.3 Å². The van der Waals surface area contributed by atoms with Crippen LogP contribution in [0.3, 0.4) is 0 Å². The van der Waals surface area contributed by atoms with Crippen molar-refractivity contribution in [2.24, 2.45) is 0 Å². The van der Waals surface area contributed by atoms with Crippen LogP contribution >= 0.6 is 23.1 Å². The second-order valence-corrected chi connectivity index (χ2v) is 5.27. The van der Waals surface area contributed by atoms with Gasteiger partial charge in [-0.05, 0) is 29.6 Å². The van der Waals surface area contributed by atoms with E-state index in [9.17, 15) is 9.18 Å². The monoisotopic (exact) mass is 254 g/mol. The molecule has 0 radical (unpaired) electrons. The molecule has 82 valence electrons. The first-order valence-electron chi connectivity index (χ1n) is 4.41. The van der Waals surface area contributed by atoms with Gasteiger partial charge < -0.3 is 5.11 Å². The van der Waals surface area contributed by atoms with Gasteiger partial charge in [-0.1, -0.05) is 17.8 Å². The first kappa shape index (κ1) is 11.2. The van der Waals surface area contributed by atoms with Crippen LogP contribution in [0.15, 0.2) is 44.8 Å². The van der Waals surface area contributed by atoms with Gasteiger partial charge in [0, 0.05) is 4.90 Å². The van der Waals surface area contributed by atoms with Crippen molar-refractivity contribution < 1.29 is 14.3 Å². The molecule has 2 rings (SSSR count). The predicted octanol–water partition coefficient (Wildman–Crippen LogP) is 3.74. The van der Waals surface area contributed by atoms with E-state index in [1.165, 1.54) is 35.2 Å². The van der Waals surface area contributed by atoms with E-state index >= 15 is 0 Å². The first-order chi connectivity index (χ1) is 7.66. The number of rotatable bonds is 3. The third-order valence-corrected chi connectivity index (χ3v) is 3.99. The standard InChI is InChI=1S/C11H7FO2S2/c12-7-3-4-9(8(6-7)11(13)14)16-10-2-1-5-15-10/h1-6H,(H,13,14). The number of thiophene rings is 1. The lowest BCUT2D eigenvalue weighted by molar-refractivity contribution is 0.0692. The second kappa shape index (κ2) is 4.67. The summed E-state index contributed by atoms with van der Waals surface area (Å²) in [6.07, 6.45) is 0. The van der Waals surface area contributed by atoms with Crippen molar-refractivity contribution >= 4 is 29.1 Å². The summed E-state index contributed by atoms with van der Waals surface area (Å²) in [6, 6.07) is 7.57. The molecule has 2 nitrogen and oxygen atoms in total. The van der Waals surface area contributed by atoms with E-state index in [-0.39, 0.29) is 5.56 Å². The maximum atomic E-state index is 12.9. The van der Waals surface area contributed by atoms with Crippen LogP contribution < -0.4 is 0 Å². The summed E-state index contributed by atoms with van der Waals surface area (Å²) in [5.41, 5.74) is -0.00148. The molecule has 0 saturated carbocycles. The molecule has 1 heterocycles. The molecule has 0 saturated heterocycles.